The summed E-state index contributed by atoms with van der Waals surface area (Å²) in [5.41, 5.74) is -0.180. The van der Waals surface area contributed by atoms with Gasteiger partial charge in [-0.1, -0.05) is 0 Å². The van der Waals surface area contributed by atoms with E-state index in [1.54, 1.807) is 0 Å². The van der Waals surface area contributed by atoms with Crippen LogP contribution in [0.4, 0.5) is 14.9 Å². The molecule has 0 fully saturated rings. The third kappa shape index (κ3) is 1.85. The van der Waals surface area contributed by atoms with Gasteiger partial charge in [-0.25, -0.2) is 9.18 Å². The van der Waals surface area contributed by atoms with Crippen molar-refractivity contribution >= 4 is 11.8 Å². The van der Waals surface area contributed by atoms with Crippen molar-refractivity contribution in [2.24, 2.45) is 0 Å². The van der Waals surface area contributed by atoms with E-state index in [-0.39, 0.29) is 11.4 Å². The maximum Gasteiger partial charge on any atom is 0.409 e. The van der Waals surface area contributed by atoms with Gasteiger partial charge in [0.2, 0.25) is 0 Å². The summed E-state index contributed by atoms with van der Waals surface area (Å²) in [6.45, 7) is 0. The number of nitrogens with one attached hydrogen (secondary N) is 1. The van der Waals surface area contributed by atoms with E-state index in [4.69, 9.17) is 10.2 Å². The van der Waals surface area contributed by atoms with Crippen LogP contribution >= 0.6 is 0 Å². The lowest BCUT2D eigenvalue weighted by Gasteiger charge is -2.01. The summed E-state index contributed by atoms with van der Waals surface area (Å²) in [6.07, 6.45) is -1.35. The second-order valence-corrected chi connectivity index (χ2v) is 2.09. The van der Waals surface area contributed by atoms with Gasteiger partial charge in [0, 0.05) is 6.07 Å². The van der Waals surface area contributed by atoms with Gasteiger partial charge in [0.25, 0.3) is 0 Å². The van der Waals surface area contributed by atoms with Crippen LogP contribution in [0, 0.1) is 5.82 Å². The molecule has 3 N–H and O–H groups in total. The predicted octanol–water partition coefficient (Wildman–Crippen LogP) is 1.62. The van der Waals surface area contributed by atoms with E-state index in [2.05, 4.69) is 0 Å². The third-order valence-electron chi connectivity index (χ3n) is 1.19. The average molecular weight is 171 g/mol. The molecule has 0 unspecified atom stereocenters. The highest BCUT2D eigenvalue weighted by atomic mass is 19.1. The molecular weight excluding hydrogens is 165 g/mol. The highest BCUT2D eigenvalue weighted by molar-refractivity contribution is 5.83. The molecule has 12 heavy (non-hydrogen) atoms. The summed E-state index contributed by atoms with van der Waals surface area (Å²) in [4.78, 5) is 10.1. The number of phenols is 1. The van der Waals surface area contributed by atoms with Crippen LogP contribution in [0.1, 0.15) is 0 Å². The summed E-state index contributed by atoms with van der Waals surface area (Å²) in [6, 6.07) is 3.15. The van der Waals surface area contributed by atoms with E-state index in [0.29, 0.717) is 0 Å². The Morgan fingerprint density at radius 3 is 2.67 bits per heavy atom. The van der Waals surface area contributed by atoms with Gasteiger partial charge in [-0.3, -0.25) is 5.32 Å². The fourth-order valence-electron chi connectivity index (χ4n) is 0.721. The number of halogens is 1. The van der Waals surface area contributed by atoms with Crippen molar-refractivity contribution in [3.63, 3.8) is 0 Å². The minimum absolute atomic E-state index is 0.180. The van der Waals surface area contributed by atoms with Gasteiger partial charge in [-0.2, -0.15) is 0 Å². The van der Waals surface area contributed by atoms with Crippen molar-refractivity contribution in [3.05, 3.63) is 24.0 Å². The molecule has 1 rings (SSSR count). The predicted molar refractivity (Wildman–Crippen MR) is 39.7 cm³/mol. The zero-order chi connectivity index (χ0) is 9.14. The second-order valence-electron chi connectivity index (χ2n) is 2.09. The molecule has 0 radical (unpaired) electrons. The molecule has 0 aliphatic carbocycles. The number of aromatic hydroxyl groups is 1. The molecule has 64 valence electrons. The molecule has 1 aromatic carbocycles. The first-order chi connectivity index (χ1) is 5.59. The Morgan fingerprint density at radius 1 is 1.50 bits per heavy atom. The van der Waals surface area contributed by atoms with Crippen molar-refractivity contribution in [3.8, 4) is 5.75 Å². The fourth-order valence-corrected chi connectivity index (χ4v) is 0.721. The van der Waals surface area contributed by atoms with Crippen LogP contribution in [0.25, 0.3) is 0 Å². The topological polar surface area (TPSA) is 69.6 Å². The summed E-state index contributed by atoms with van der Waals surface area (Å²) in [7, 11) is 0. The first-order valence-electron chi connectivity index (χ1n) is 3.08. The van der Waals surface area contributed by atoms with Crippen molar-refractivity contribution in [1.82, 2.24) is 0 Å². The Labute approximate surface area is 67.3 Å². The number of phenolic OH excluding ortho intramolecular Hbond substituents is 1. The molecule has 0 heterocycles. The van der Waals surface area contributed by atoms with Crippen LogP contribution in [0.2, 0.25) is 0 Å². The van der Waals surface area contributed by atoms with Gasteiger partial charge >= 0.3 is 6.09 Å². The molecule has 0 atom stereocenters. The Kier molecular flexibility index (Phi) is 2.14. The molecule has 1 aromatic rings. The minimum atomic E-state index is -1.35. The lowest BCUT2D eigenvalue weighted by Crippen LogP contribution is -2.08. The maximum absolute atomic E-state index is 12.7. The SMILES string of the molecule is O=C(O)Nc1ccc(O)cc1F. The molecule has 0 saturated heterocycles. The van der Waals surface area contributed by atoms with E-state index < -0.39 is 11.9 Å². The van der Waals surface area contributed by atoms with Crippen LogP contribution in [-0.4, -0.2) is 16.3 Å². The number of benzene rings is 1. The second kappa shape index (κ2) is 3.08. The number of carboxylic acid groups (broad SMARTS) is 1. The maximum atomic E-state index is 12.7. The van der Waals surface area contributed by atoms with Crippen LogP contribution in [-0.2, 0) is 0 Å². The van der Waals surface area contributed by atoms with E-state index in [0.717, 1.165) is 12.1 Å². The molecule has 0 bridgehead atoms. The molecule has 0 spiro atoms. The summed E-state index contributed by atoms with van der Waals surface area (Å²) in [5.74, 6) is -1.05. The standard InChI is InChI=1S/C7H6FNO3/c8-5-3-4(10)1-2-6(5)9-7(11)12/h1-3,9-10H,(H,11,12). The lowest BCUT2D eigenvalue weighted by atomic mass is 10.3. The molecule has 0 saturated carbocycles. The van der Waals surface area contributed by atoms with Gasteiger partial charge in [0.1, 0.15) is 11.6 Å². The number of carbonyl (C=O) groups is 1. The Bertz CT molecular complexity index is 314. The van der Waals surface area contributed by atoms with Crippen LogP contribution in [0.15, 0.2) is 18.2 Å². The third-order valence-corrected chi connectivity index (χ3v) is 1.19. The average Bonchev–Trinajstić information content (AvgIpc) is 1.94. The van der Waals surface area contributed by atoms with Gasteiger partial charge in [0.05, 0.1) is 5.69 Å². The van der Waals surface area contributed by atoms with E-state index in [1.807, 2.05) is 5.32 Å². The Balaban J connectivity index is 2.93. The largest absolute Gasteiger partial charge is 0.508 e. The fraction of sp³-hybridized carbons (Fsp3) is 0. The summed E-state index contributed by atoms with van der Waals surface area (Å²) >= 11 is 0. The molecule has 0 aliphatic rings. The monoisotopic (exact) mass is 171 g/mol. The quantitative estimate of drug-likeness (QED) is 0.562. The van der Waals surface area contributed by atoms with Crippen LogP contribution in [0.5, 0.6) is 5.75 Å². The van der Waals surface area contributed by atoms with Gasteiger partial charge < -0.3 is 10.2 Å². The number of amides is 1. The van der Waals surface area contributed by atoms with E-state index in [1.165, 1.54) is 6.07 Å². The molecule has 1 amide bonds. The van der Waals surface area contributed by atoms with Crippen LogP contribution in [0.3, 0.4) is 0 Å². The summed E-state index contributed by atoms with van der Waals surface area (Å²) in [5, 5.41) is 18.8. The smallest absolute Gasteiger partial charge is 0.409 e. The van der Waals surface area contributed by atoms with Crippen molar-refractivity contribution in [2.45, 2.75) is 0 Å². The Hall–Kier alpha value is -1.78. The molecule has 5 heteroatoms. The Morgan fingerprint density at radius 2 is 2.17 bits per heavy atom. The first kappa shape index (κ1) is 8.32. The first-order valence-corrected chi connectivity index (χ1v) is 3.08. The number of anilines is 1. The normalized spacial score (nSPS) is 9.42. The van der Waals surface area contributed by atoms with Crippen molar-refractivity contribution < 1.29 is 19.4 Å². The zero-order valence-corrected chi connectivity index (χ0v) is 5.91. The van der Waals surface area contributed by atoms with E-state index >= 15 is 0 Å². The van der Waals surface area contributed by atoms with E-state index in [9.17, 15) is 9.18 Å². The van der Waals surface area contributed by atoms with Crippen molar-refractivity contribution in [1.29, 1.82) is 0 Å². The van der Waals surface area contributed by atoms with Crippen LogP contribution < -0.4 is 5.32 Å². The zero-order valence-electron chi connectivity index (χ0n) is 5.91. The number of rotatable bonds is 1. The molecular formula is C7H6FNO3. The molecule has 0 aliphatic heterocycles. The highest BCUT2D eigenvalue weighted by Crippen LogP contribution is 2.18. The number of hydrogen-bond donors (Lipinski definition) is 3. The highest BCUT2D eigenvalue weighted by Gasteiger charge is 2.04. The van der Waals surface area contributed by atoms with Gasteiger partial charge in [-0.05, 0) is 12.1 Å². The summed E-state index contributed by atoms with van der Waals surface area (Å²) < 4.78 is 12.7. The van der Waals surface area contributed by atoms with Crippen molar-refractivity contribution in [2.75, 3.05) is 5.32 Å². The minimum Gasteiger partial charge on any atom is -0.508 e. The molecule has 4 nitrogen and oxygen atoms in total. The lowest BCUT2D eigenvalue weighted by molar-refractivity contribution is 0.209. The van der Waals surface area contributed by atoms with Gasteiger partial charge in [0.15, 0.2) is 0 Å². The molecule has 0 aromatic heterocycles. The van der Waals surface area contributed by atoms with Gasteiger partial charge in [-0.15, -0.1) is 0 Å². The number of hydrogen-bond acceptors (Lipinski definition) is 2.